The van der Waals surface area contributed by atoms with Gasteiger partial charge in [0.2, 0.25) is 0 Å². The molecule has 0 aromatic heterocycles. The van der Waals surface area contributed by atoms with Gasteiger partial charge >= 0.3 is 0 Å². The largest absolute Gasteiger partial charge is 0.400 e. The zero-order valence-electron chi connectivity index (χ0n) is 10.1. The first-order valence-electron chi connectivity index (χ1n) is 6.04. The highest BCUT2D eigenvalue weighted by Crippen LogP contribution is 2.44. The Balaban J connectivity index is 0.000000514. The van der Waals surface area contributed by atoms with Gasteiger partial charge in [0.05, 0.1) is 0 Å². The molecule has 0 bridgehead atoms. The van der Waals surface area contributed by atoms with Crippen molar-refractivity contribution in [2.45, 2.75) is 18.8 Å². The van der Waals surface area contributed by atoms with Gasteiger partial charge in [-0.2, -0.15) is 0 Å². The molecule has 0 spiro atoms. The second-order valence-corrected chi connectivity index (χ2v) is 4.23. The lowest BCUT2D eigenvalue weighted by atomic mass is 9.97. The van der Waals surface area contributed by atoms with E-state index >= 15 is 0 Å². The first-order chi connectivity index (χ1) is 8.45. The topological polar surface area (TPSA) is 20.2 Å². The molecular formula is C16H18O. The molecule has 0 saturated heterocycles. The Morgan fingerprint density at radius 1 is 0.824 bits per heavy atom. The number of hydrogen-bond donors (Lipinski definition) is 1. The normalized spacial score (nSPS) is 13.8. The van der Waals surface area contributed by atoms with Crippen LogP contribution in [0.15, 0.2) is 54.6 Å². The van der Waals surface area contributed by atoms with E-state index in [0.717, 1.165) is 13.0 Å². The molecule has 3 rings (SSSR count). The fourth-order valence-corrected chi connectivity index (χ4v) is 2.13. The fraction of sp³-hybridized carbons (Fsp3) is 0.250. The molecule has 17 heavy (non-hydrogen) atoms. The molecule has 1 saturated carbocycles. The van der Waals surface area contributed by atoms with Crippen LogP contribution in [-0.2, 0) is 0 Å². The molecule has 0 heterocycles. The molecule has 0 unspecified atom stereocenters. The molecule has 1 aliphatic carbocycles. The predicted molar refractivity (Wildman–Crippen MR) is 72.0 cm³/mol. The lowest BCUT2D eigenvalue weighted by molar-refractivity contribution is 0.399. The number of aliphatic hydroxyl groups is 1. The molecule has 2 aromatic rings. The average Bonchev–Trinajstić information content (AvgIpc) is 3.27. The molecular weight excluding hydrogens is 208 g/mol. The zero-order chi connectivity index (χ0) is 12.1. The van der Waals surface area contributed by atoms with E-state index in [2.05, 4.69) is 54.6 Å². The van der Waals surface area contributed by atoms with Crippen molar-refractivity contribution in [3.05, 3.63) is 60.2 Å². The first-order valence-corrected chi connectivity index (χ1v) is 6.04. The highest BCUT2D eigenvalue weighted by atomic mass is 16.2. The minimum atomic E-state index is 0.821. The summed E-state index contributed by atoms with van der Waals surface area (Å²) in [6, 6.07) is 19.5. The Morgan fingerprint density at radius 2 is 1.41 bits per heavy atom. The van der Waals surface area contributed by atoms with Crippen molar-refractivity contribution < 1.29 is 5.11 Å². The number of hydrogen-bond acceptors (Lipinski definition) is 1. The van der Waals surface area contributed by atoms with Gasteiger partial charge in [0, 0.05) is 7.11 Å². The second-order valence-electron chi connectivity index (χ2n) is 4.23. The molecule has 1 nitrogen and oxygen atoms in total. The highest BCUT2D eigenvalue weighted by Gasteiger charge is 2.25. The highest BCUT2D eigenvalue weighted by molar-refractivity contribution is 5.68. The van der Waals surface area contributed by atoms with Crippen LogP contribution < -0.4 is 0 Å². The fourth-order valence-electron chi connectivity index (χ4n) is 2.13. The van der Waals surface area contributed by atoms with Crippen LogP contribution >= 0.6 is 0 Å². The van der Waals surface area contributed by atoms with E-state index in [-0.39, 0.29) is 0 Å². The van der Waals surface area contributed by atoms with Gasteiger partial charge in [-0.15, -0.1) is 0 Å². The van der Waals surface area contributed by atoms with Crippen LogP contribution in [-0.4, -0.2) is 12.2 Å². The van der Waals surface area contributed by atoms with Crippen molar-refractivity contribution in [2.75, 3.05) is 7.11 Å². The second kappa shape index (κ2) is 5.65. The van der Waals surface area contributed by atoms with E-state index in [4.69, 9.17) is 5.11 Å². The van der Waals surface area contributed by atoms with E-state index in [1.165, 1.54) is 29.5 Å². The lowest BCUT2D eigenvalue weighted by Gasteiger charge is -2.08. The Labute approximate surface area is 103 Å². The third kappa shape index (κ3) is 2.75. The van der Waals surface area contributed by atoms with Gasteiger partial charge in [-0.25, -0.2) is 0 Å². The summed E-state index contributed by atoms with van der Waals surface area (Å²) in [6.07, 6.45) is 2.73. The van der Waals surface area contributed by atoms with Gasteiger partial charge < -0.3 is 5.11 Å². The number of rotatable bonds is 2. The Morgan fingerprint density at radius 3 is 2.06 bits per heavy atom. The molecule has 1 aliphatic rings. The minimum Gasteiger partial charge on any atom is -0.400 e. The Bertz CT molecular complexity index is 458. The van der Waals surface area contributed by atoms with Crippen molar-refractivity contribution in [3.63, 3.8) is 0 Å². The first kappa shape index (κ1) is 11.9. The lowest BCUT2D eigenvalue weighted by Crippen LogP contribution is -1.85. The maximum absolute atomic E-state index is 7.00. The molecule has 0 radical (unpaired) electrons. The zero-order valence-corrected chi connectivity index (χ0v) is 10.1. The van der Waals surface area contributed by atoms with Crippen LogP contribution in [0.4, 0.5) is 0 Å². The van der Waals surface area contributed by atoms with E-state index in [0.29, 0.717) is 0 Å². The smallest absolute Gasteiger partial charge is 0.0319 e. The van der Waals surface area contributed by atoms with Crippen LogP contribution in [0.1, 0.15) is 24.3 Å². The van der Waals surface area contributed by atoms with Gasteiger partial charge in [0.15, 0.2) is 0 Å². The number of benzene rings is 2. The molecule has 2 aromatic carbocycles. The summed E-state index contributed by atoms with van der Waals surface area (Å²) in [4.78, 5) is 0. The van der Waals surface area contributed by atoms with Crippen LogP contribution in [0.5, 0.6) is 0 Å². The molecule has 1 heteroatoms. The average molecular weight is 226 g/mol. The molecule has 1 fully saturated rings. The summed E-state index contributed by atoms with van der Waals surface area (Å²) >= 11 is 0. The molecule has 0 aliphatic heterocycles. The standard InChI is InChI=1S/C15H14.CH4O/c1-2-6-12(7-3-1)14-8-4-5-9-15(14)13-10-11-13;1-2/h1-9,13H,10-11H2;2H,1H3. The monoisotopic (exact) mass is 226 g/mol. The van der Waals surface area contributed by atoms with E-state index in [1.54, 1.807) is 0 Å². The van der Waals surface area contributed by atoms with Crippen molar-refractivity contribution in [2.24, 2.45) is 0 Å². The van der Waals surface area contributed by atoms with Gasteiger partial charge in [-0.05, 0) is 35.4 Å². The summed E-state index contributed by atoms with van der Waals surface area (Å²) in [5.41, 5.74) is 4.30. The van der Waals surface area contributed by atoms with Gasteiger partial charge in [-0.1, -0.05) is 54.6 Å². The molecule has 0 atom stereocenters. The van der Waals surface area contributed by atoms with Gasteiger partial charge in [-0.3, -0.25) is 0 Å². The summed E-state index contributed by atoms with van der Waals surface area (Å²) in [6.45, 7) is 0. The summed E-state index contributed by atoms with van der Waals surface area (Å²) in [5.74, 6) is 0.821. The molecule has 1 N–H and O–H groups in total. The SMILES string of the molecule is CO.c1ccc(-c2ccccc2C2CC2)cc1. The predicted octanol–water partition coefficient (Wildman–Crippen LogP) is 3.84. The van der Waals surface area contributed by atoms with E-state index in [9.17, 15) is 0 Å². The van der Waals surface area contributed by atoms with Crippen molar-refractivity contribution in [1.29, 1.82) is 0 Å². The maximum Gasteiger partial charge on any atom is 0.0319 e. The van der Waals surface area contributed by atoms with E-state index < -0.39 is 0 Å². The third-order valence-corrected chi connectivity index (χ3v) is 3.06. The summed E-state index contributed by atoms with van der Waals surface area (Å²) in [5, 5.41) is 7.00. The summed E-state index contributed by atoms with van der Waals surface area (Å²) < 4.78 is 0. The van der Waals surface area contributed by atoms with Crippen molar-refractivity contribution in [3.8, 4) is 11.1 Å². The molecule has 0 amide bonds. The Kier molecular flexibility index (Phi) is 3.94. The van der Waals surface area contributed by atoms with Crippen molar-refractivity contribution >= 4 is 0 Å². The van der Waals surface area contributed by atoms with Crippen LogP contribution in [0, 0.1) is 0 Å². The van der Waals surface area contributed by atoms with E-state index in [1.807, 2.05) is 0 Å². The van der Waals surface area contributed by atoms with Crippen LogP contribution in [0.2, 0.25) is 0 Å². The van der Waals surface area contributed by atoms with Crippen molar-refractivity contribution in [1.82, 2.24) is 0 Å². The van der Waals surface area contributed by atoms with Gasteiger partial charge in [0.25, 0.3) is 0 Å². The molecule has 88 valence electrons. The third-order valence-electron chi connectivity index (χ3n) is 3.06. The van der Waals surface area contributed by atoms with Gasteiger partial charge in [0.1, 0.15) is 0 Å². The number of aliphatic hydroxyl groups excluding tert-OH is 1. The van der Waals surface area contributed by atoms with Crippen LogP contribution in [0.25, 0.3) is 11.1 Å². The Hall–Kier alpha value is -1.60. The minimum absolute atomic E-state index is 0.821. The quantitative estimate of drug-likeness (QED) is 0.825. The maximum atomic E-state index is 7.00. The van der Waals surface area contributed by atoms with Crippen LogP contribution in [0.3, 0.4) is 0 Å². The summed E-state index contributed by atoms with van der Waals surface area (Å²) in [7, 11) is 1.00.